The molecule has 34 heavy (non-hydrogen) atoms. The minimum absolute atomic E-state index is 0.0263. The van der Waals surface area contributed by atoms with E-state index < -0.39 is 0 Å². The Morgan fingerprint density at radius 1 is 0.824 bits per heavy atom. The summed E-state index contributed by atoms with van der Waals surface area (Å²) in [6.45, 7) is 11.4. The molecular formula is C32H31N2+. The highest BCUT2D eigenvalue weighted by Crippen LogP contribution is 2.57. The van der Waals surface area contributed by atoms with Gasteiger partial charge in [-0.25, -0.2) is 4.57 Å². The molecule has 0 saturated heterocycles. The summed E-state index contributed by atoms with van der Waals surface area (Å²) in [5.74, 6) is 0. The van der Waals surface area contributed by atoms with Crippen molar-refractivity contribution in [3.8, 4) is 11.3 Å². The van der Waals surface area contributed by atoms with Crippen LogP contribution in [0.3, 0.4) is 0 Å². The fraction of sp³-hybridized carbons (Fsp3) is 0.281. The van der Waals surface area contributed by atoms with E-state index in [1.165, 1.54) is 60.8 Å². The van der Waals surface area contributed by atoms with Crippen LogP contribution in [0.5, 0.6) is 0 Å². The Morgan fingerprint density at radius 3 is 2.26 bits per heavy atom. The standard InChI is InChI=1S/C32H31N2/c1-6-31-16-17-32(31,7-2)33-19-27(28-21(4)10-8-11-22(28)5)34-26-15-14-20(3)18-24(26)23-12-9-13-25(31)29(23)30(33)34/h8-19H,6-7H2,1-5H3/q+1. The monoisotopic (exact) mass is 443 g/mol. The SMILES string of the molecule is CCC12C=CC1(CC)[n+]1cc(-c3c(C)cccc3C)n3c4ccc(C)cc4c4cccc2c4c31. The molecule has 0 saturated carbocycles. The topological polar surface area (TPSA) is 8.29 Å². The number of aromatic nitrogens is 2. The minimum Gasteiger partial charge on any atom is -0.219 e. The fourth-order valence-corrected chi connectivity index (χ4v) is 7.40. The summed E-state index contributed by atoms with van der Waals surface area (Å²) in [6, 6.07) is 20.7. The molecule has 2 aromatic heterocycles. The molecule has 2 atom stereocenters. The summed E-state index contributed by atoms with van der Waals surface area (Å²) < 4.78 is 5.21. The first-order valence-electron chi connectivity index (χ1n) is 12.7. The molecule has 5 aromatic rings. The molecule has 2 aliphatic rings. The highest BCUT2D eigenvalue weighted by molar-refractivity contribution is 6.14. The number of fused-ring (bicyclic) bond motifs is 6. The van der Waals surface area contributed by atoms with Gasteiger partial charge in [-0.1, -0.05) is 68.0 Å². The molecule has 168 valence electrons. The molecule has 0 amide bonds. The second kappa shape index (κ2) is 6.39. The van der Waals surface area contributed by atoms with Gasteiger partial charge >= 0.3 is 0 Å². The third-order valence-corrected chi connectivity index (χ3v) is 9.06. The van der Waals surface area contributed by atoms with E-state index in [9.17, 15) is 0 Å². The van der Waals surface area contributed by atoms with Crippen molar-refractivity contribution in [2.45, 2.75) is 58.4 Å². The lowest BCUT2D eigenvalue weighted by molar-refractivity contribution is -0.743. The van der Waals surface area contributed by atoms with E-state index >= 15 is 0 Å². The van der Waals surface area contributed by atoms with Gasteiger partial charge in [-0.05, 0) is 68.5 Å². The average molecular weight is 444 g/mol. The normalized spacial score (nSPS) is 22.6. The maximum absolute atomic E-state index is 2.65. The third kappa shape index (κ3) is 2.03. The van der Waals surface area contributed by atoms with Gasteiger partial charge in [0.1, 0.15) is 17.3 Å². The number of rotatable bonds is 3. The summed E-state index contributed by atoms with van der Waals surface area (Å²) in [6.07, 6.45) is 9.62. The molecule has 0 spiro atoms. The van der Waals surface area contributed by atoms with E-state index in [-0.39, 0.29) is 11.0 Å². The fourth-order valence-electron chi connectivity index (χ4n) is 7.40. The van der Waals surface area contributed by atoms with Gasteiger partial charge in [0.15, 0.2) is 5.69 Å². The second-order valence-electron chi connectivity index (χ2n) is 10.5. The van der Waals surface area contributed by atoms with Crippen molar-refractivity contribution >= 4 is 27.3 Å². The molecule has 3 heterocycles. The molecule has 1 aliphatic heterocycles. The van der Waals surface area contributed by atoms with Crippen molar-refractivity contribution in [2.24, 2.45) is 0 Å². The Balaban J connectivity index is 1.82. The van der Waals surface area contributed by atoms with Crippen LogP contribution in [0.25, 0.3) is 38.6 Å². The summed E-state index contributed by atoms with van der Waals surface area (Å²) >= 11 is 0. The van der Waals surface area contributed by atoms with Gasteiger partial charge in [0.05, 0.1) is 10.8 Å². The Kier molecular flexibility index (Phi) is 3.76. The first-order valence-corrected chi connectivity index (χ1v) is 12.7. The molecule has 3 aromatic carbocycles. The zero-order valence-electron chi connectivity index (χ0n) is 20.7. The van der Waals surface area contributed by atoms with Crippen LogP contribution < -0.4 is 4.57 Å². The predicted molar refractivity (Wildman–Crippen MR) is 142 cm³/mol. The predicted octanol–water partition coefficient (Wildman–Crippen LogP) is 7.46. The van der Waals surface area contributed by atoms with Gasteiger partial charge in [-0.15, -0.1) is 0 Å². The van der Waals surface area contributed by atoms with Crippen LogP contribution in [-0.2, 0) is 11.0 Å². The van der Waals surface area contributed by atoms with E-state index in [1.807, 2.05) is 0 Å². The quantitative estimate of drug-likeness (QED) is 0.155. The highest BCUT2D eigenvalue weighted by atomic mass is 15.2. The molecule has 2 unspecified atom stereocenters. The summed E-state index contributed by atoms with van der Waals surface area (Å²) in [5, 5.41) is 4.15. The molecule has 7 rings (SSSR count). The van der Waals surface area contributed by atoms with Crippen molar-refractivity contribution in [1.82, 2.24) is 4.40 Å². The first-order chi connectivity index (χ1) is 16.5. The highest BCUT2D eigenvalue weighted by Gasteiger charge is 2.62. The van der Waals surface area contributed by atoms with E-state index in [4.69, 9.17) is 0 Å². The molecule has 0 N–H and O–H groups in total. The van der Waals surface area contributed by atoms with Crippen molar-refractivity contribution in [2.75, 3.05) is 0 Å². The van der Waals surface area contributed by atoms with Gasteiger partial charge in [-0.2, -0.15) is 4.40 Å². The van der Waals surface area contributed by atoms with Gasteiger partial charge < -0.3 is 0 Å². The maximum Gasteiger partial charge on any atom is 0.296 e. The number of hydrogen-bond acceptors (Lipinski definition) is 0. The number of allylic oxidation sites excluding steroid dienone is 2. The van der Waals surface area contributed by atoms with E-state index in [0.29, 0.717) is 0 Å². The van der Waals surface area contributed by atoms with Crippen LogP contribution in [0.2, 0.25) is 0 Å². The van der Waals surface area contributed by atoms with Gasteiger partial charge in [0.25, 0.3) is 5.65 Å². The lowest BCUT2D eigenvalue weighted by atomic mass is 9.53. The van der Waals surface area contributed by atoms with Crippen LogP contribution in [0.15, 0.2) is 72.9 Å². The molecule has 1 aliphatic carbocycles. The Hall–Kier alpha value is -3.39. The van der Waals surface area contributed by atoms with Crippen LogP contribution in [0, 0.1) is 20.8 Å². The minimum atomic E-state index is -0.0263. The van der Waals surface area contributed by atoms with E-state index in [2.05, 4.69) is 117 Å². The Morgan fingerprint density at radius 2 is 1.59 bits per heavy atom. The number of aryl methyl sites for hydroxylation is 3. The molecule has 2 heteroatoms. The Bertz CT molecular complexity index is 1700. The van der Waals surface area contributed by atoms with Crippen LogP contribution in [-0.4, -0.2) is 4.40 Å². The van der Waals surface area contributed by atoms with Gasteiger partial charge in [0.2, 0.25) is 0 Å². The first kappa shape index (κ1) is 20.0. The lowest BCUT2D eigenvalue weighted by Crippen LogP contribution is -2.70. The van der Waals surface area contributed by atoms with Crippen LogP contribution >= 0.6 is 0 Å². The number of imidazole rings is 1. The van der Waals surface area contributed by atoms with Gasteiger partial charge in [0, 0.05) is 16.3 Å². The summed E-state index contributed by atoms with van der Waals surface area (Å²) in [4.78, 5) is 0. The molecular weight excluding hydrogens is 412 g/mol. The summed E-state index contributed by atoms with van der Waals surface area (Å²) in [7, 11) is 0. The zero-order chi connectivity index (χ0) is 23.4. The maximum atomic E-state index is 2.65. The molecule has 0 bridgehead atoms. The summed E-state index contributed by atoms with van der Waals surface area (Å²) in [5.41, 5.74) is 10.8. The zero-order valence-corrected chi connectivity index (χ0v) is 20.7. The van der Waals surface area contributed by atoms with Crippen LogP contribution in [0.4, 0.5) is 0 Å². The largest absolute Gasteiger partial charge is 0.296 e. The van der Waals surface area contributed by atoms with Gasteiger partial charge in [-0.3, -0.25) is 0 Å². The molecule has 0 radical (unpaired) electrons. The van der Waals surface area contributed by atoms with Crippen molar-refractivity contribution in [1.29, 1.82) is 0 Å². The number of benzene rings is 3. The average Bonchev–Trinajstić information content (AvgIpc) is 3.20. The van der Waals surface area contributed by atoms with Crippen molar-refractivity contribution in [3.63, 3.8) is 0 Å². The molecule has 0 fully saturated rings. The second-order valence-corrected chi connectivity index (χ2v) is 10.5. The lowest BCUT2D eigenvalue weighted by Gasteiger charge is -2.53. The number of nitrogens with zero attached hydrogens (tertiary/aromatic N) is 2. The van der Waals surface area contributed by atoms with Crippen molar-refractivity contribution in [3.05, 3.63) is 95.2 Å². The van der Waals surface area contributed by atoms with E-state index in [1.54, 1.807) is 0 Å². The number of pyridine rings is 1. The van der Waals surface area contributed by atoms with Crippen molar-refractivity contribution < 1.29 is 4.57 Å². The molecule has 2 nitrogen and oxygen atoms in total. The third-order valence-electron chi connectivity index (χ3n) is 9.06. The Labute approximate surface area is 201 Å². The number of hydrogen-bond donors (Lipinski definition) is 0. The van der Waals surface area contributed by atoms with Crippen LogP contribution in [0.1, 0.15) is 48.9 Å². The van der Waals surface area contributed by atoms with E-state index in [0.717, 1.165) is 12.8 Å². The smallest absolute Gasteiger partial charge is 0.219 e.